The minimum atomic E-state index is -0.267. The summed E-state index contributed by atoms with van der Waals surface area (Å²) >= 11 is 3.38. The van der Waals surface area contributed by atoms with Crippen LogP contribution in [0.25, 0.3) is 0 Å². The van der Waals surface area contributed by atoms with Crippen LogP contribution in [0.5, 0.6) is 0 Å². The van der Waals surface area contributed by atoms with E-state index in [2.05, 4.69) is 28.2 Å². The van der Waals surface area contributed by atoms with Gasteiger partial charge in [0.25, 0.3) is 0 Å². The van der Waals surface area contributed by atoms with Crippen LogP contribution in [0.3, 0.4) is 0 Å². The Kier molecular flexibility index (Phi) is 5.88. The molecule has 0 aliphatic carbocycles. The van der Waals surface area contributed by atoms with Gasteiger partial charge in [0, 0.05) is 16.1 Å². The molecule has 2 rings (SSSR count). The van der Waals surface area contributed by atoms with Gasteiger partial charge in [0.15, 0.2) is 0 Å². The quantitative estimate of drug-likeness (QED) is 0.769. The Bertz CT molecular complexity index is 601. The Morgan fingerprint density at radius 3 is 2.67 bits per heavy atom. The fourth-order valence-electron chi connectivity index (χ4n) is 2.29. The zero-order chi connectivity index (χ0) is 15.2. The molecule has 0 spiro atoms. The van der Waals surface area contributed by atoms with Crippen molar-refractivity contribution in [1.82, 2.24) is 5.32 Å². The van der Waals surface area contributed by atoms with Gasteiger partial charge in [-0.25, -0.2) is 8.78 Å². The van der Waals surface area contributed by atoms with Crippen molar-refractivity contribution >= 4 is 15.9 Å². The second-order valence-corrected chi connectivity index (χ2v) is 5.92. The Labute approximate surface area is 132 Å². The molecule has 1 unspecified atom stereocenters. The van der Waals surface area contributed by atoms with Gasteiger partial charge in [-0.3, -0.25) is 0 Å². The number of halogens is 3. The van der Waals surface area contributed by atoms with E-state index in [-0.39, 0.29) is 17.7 Å². The van der Waals surface area contributed by atoms with Gasteiger partial charge >= 0.3 is 0 Å². The summed E-state index contributed by atoms with van der Waals surface area (Å²) in [7, 11) is 0. The zero-order valence-corrected chi connectivity index (χ0v) is 13.5. The van der Waals surface area contributed by atoms with E-state index in [1.54, 1.807) is 18.2 Å². The summed E-state index contributed by atoms with van der Waals surface area (Å²) in [6.07, 6.45) is 1.50. The highest BCUT2D eigenvalue weighted by Gasteiger charge is 2.16. The van der Waals surface area contributed by atoms with Crippen LogP contribution in [0.15, 0.2) is 46.9 Å². The van der Waals surface area contributed by atoms with E-state index in [0.29, 0.717) is 12.0 Å². The van der Waals surface area contributed by atoms with Crippen molar-refractivity contribution in [2.75, 3.05) is 6.54 Å². The highest BCUT2D eigenvalue weighted by molar-refractivity contribution is 9.10. The first-order chi connectivity index (χ1) is 10.1. The lowest BCUT2D eigenvalue weighted by Crippen LogP contribution is -2.25. The molecule has 0 aromatic heterocycles. The van der Waals surface area contributed by atoms with Gasteiger partial charge in [0.1, 0.15) is 11.6 Å². The summed E-state index contributed by atoms with van der Waals surface area (Å²) in [4.78, 5) is 0. The Balaban J connectivity index is 2.27. The maximum absolute atomic E-state index is 14.1. The maximum atomic E-state index is 14.1. The third-order valence-electron chi connectivity index (χ3n) is 3.30. The van der Waals surface area contributed by atoms with Crippen LogP contribution in [-0.4, -0.2) is 6.54 Å². The minimum absolute atomic E-state index is 0.177. The molecule has 21 heavy (non-hydrogen) atoms. The van der Waals surface area contributed by atoms with Crippen molar-refractivity contribution in [2.24, 2.45) is 0 Å². The van der Waals surface area contributed by atoms with E-state index in [1.165, 1.54) is 18.2 Å². The number of rotatable bonds is 6. The molecule has 1 atom stereocenters. The SMILES string of the molecule is CCCNC(Cc1cccc(F)c1)c1cc(Br)ccc1F. The van der Waals surface area contributed by atoms with E-state index < -0.39 is 0 Å². The molecule has 0 aliphatic rings. The van der Waals surface area contributed by atoms with Crippen molar-refractivity contribution in [3.8, 4) is 0 Å². The number of nitrogens with one attached hydrogen (secondary N) is 1. The van der Waals surface area contributed by atoms with Crippen LogP contribution < -0.4 is 5.32 Å². The molecule has 0 fully saturated rings. The monoisotopic (exact) mass is 353 g/mol. The van der Waals surface area contributed by atoms with Crippen LogP contribution in [0.4, 0.5) is 8.78 Å². The first-order valence-electron chi connectivity index (χ1n) is 7.03. The summed E-state index contributed by atoms with van der Waals surface area (Å²) in [6.45, 7) is 2.84. The van der Waals surface area contributed by atoms with Crippen molar-refractivity contribution in [3.63, 3.8) is 0 Å². The summed E-state index contributed by atoms with van der Waals surface area (Å²) in [5.41, 5.74) is 1.45. The standard InChI is InChI=1S/C17H18BrF2N/c1-2-8-21-17(10-12-4-3-5-14(19)9-12)15-11-13(18)6-7-16(15)20/h3-7,9,11,17,21H,2,8,10H2,1H3. The average Bonchev–Trinajstić information content (AvgIpc) is 2.46. The Morgan fingerprint density at radius 1 is 1.14 bits per heavy atom. The summed E-state index contributed by atoms with van der Waals surface area (Å²) in [5, 5.41) is 3.34. The van der Waals surface area contributed by atoms with E-state index >= 15 is 0 Å². The Morgan fingerprint density at radius 2 is 1.95 bits per heavy atom. The lowest BCUT2D eigenvalue weighted by atomic mass is 9.98. The Hall–Kier alpha value is -1.26. The lowest BCUT2D eigenvalue weighted by molar-refractivity contribution is 0.495. The predicted octanol–water partition coefficient (Wildman–Crippen LogP) is 5.01. The molecular weight excluding hydrogens is 336 g/mol. The van der Waals surface area contributed by atoms with Gasteiger partial charge < -0.3 is 5.32 Å². The lowest BCUT2D eigenvalue weighted by Gasteiger charge is -2.20. The molecule has 4 heteroatoms. The van der Waals surface area contributed by atoms with Crippen LogP contribution in [-0.2, 0) is 6.42 Å². The van der Waals surface area contributed by atoms with Gasteiger partial charge in [-0.05, 0) is 55.3 Å². The summed E-state index contributed by atoms with van der Waals surface area (Å²) in [5.74, 6) is -0.514. The molecule has 2 aromatic rings. The maximum Gasteiger partial charge on any atom is 0.128 e. The molecule has 1 N–H and O–H groups in total. The van der Waals surface area contributed by atoms with E-state index in [9.17, 15) is 8.78 Å². The molecule has 0 heterocycles. The largest absolute Gasteiger partial charge is 0.310 e. The van der Waals surface area contributed by atoms with E-state index in [4.69, 9.17) is 0 Å². The fraction of sp³-hybridized carbons (Fsp3) is 0.294. The summed E-state index contributed by atoms with van der Waals surface area (Å²) in [6, 6.07) is 11.2. The highest BCUT2D eigenvalue weighted by atomic mass is 79.9. The third-order valence-corrected chi connectivity index (χ3v) is 3.80. The molecule has 0 aliphatic heterocycles. The van der Waals surface area contributed by atoms with Crippen LogP contribution >= 0.6 is 15.9 Å². The van der Waals surface area contributed by atoms with E-state index in [0.717, 1.165) is 23.0 Å². The van der Waals surface area contributed by atoms with Gasteiger partial charge in [-0.2, -0.15) is 0 Å². The second-order valence-electron chi connectivity index (χ2n) is 5.01. The molecular formula is C17H18BrF2N. The number of hydrogen-bond donors (Lipinski definition) is 1. The normalized spacial score (nSPS) is 12.4. The number of hydrogen-bond acceptors (Lipinski definition) is 1. The highest BCUT2D eigenvalue weighted by Crippen LogP contribution is 2.25. The summed E-state index contributed by atoms with van der Waals surface area (Å²) < 4.78 is 28.2. The van der Waals surface area contributed by atoms with Gasteiger partial charge in [-0.1, -0.05) is 35.0 Å². The molecule has 0 radical (unpaired) electrons. The molecule has 1 nitrogen and oxygen atoms in total. The second kappa shape index (κ2) is 7.66. The van der Waals surface area contributed by atoms with Crippen molar-refractivity contribution in [3.05, 3.63) is 69.7 Å². The average molecular weight is 354 g/mol. The molecule has 0 bridgehead atoms. The smallest absolute Gasteiger partial charge is 0.128 e. The minimum Gasteiger partial charge on any atom is -0.310 e. The van der Waals surface area contributed by atoms with Crippen LogP contribution in [0, 0.1) is 11.6 Å². The molecule has 112 valence electrons. The molecule has 2 aromatic carbocycles. The van der Waals surface area contributed by atoms with Crippen LogP contribution in [0.2, 0.25) is 0 Å². The van der Waals surface area contributed by atoms with E-state index in [1.807, 2.05) is 6.07 Å². The van der Waals surface area contributed by atoms with Crippen molar-refractivity contribution in [1.29, 1.82) is 0 Å². The van der Waals surface area contributed by atoms with Gasteiger partial charge in [0.05, 0.1) is 0 Å². The topological polar surface area (TPSA) is 12.0 Å². The third kappa shape index (κ3) is 4.61. The number of benzene rings is 2. The predicted molar refractivity (Wildman–Crippen MR) is 85.2 cm³/mol. The van der Waals surface area contributed by atoms with Gasteiger partial charge in [0.2, 0.25) is 0 Å². The van der Waals surface area contributed by atoms with Crippen LogP contribution in [0.1, 0.15) is 30.5 Å². The van der Waals surface area contributed by atoms with Crippen molar-refractivity contribution < 1.29 is 8.78 Å². The first-order valence-corrected chi connectivity index (χ1v) is 7.82. The molecule has 0 saturated carbocycles. The molecule has 0 saturated heterocycles. The van der Waals surface area contributed by atoms with Crippen molar-refractivity contribution in [2.45, 2.75) is 25.8 Å². The zero-order valence-electron chi connectivity index (χ0n) is 11.9. The van der Waals surface area contributed by atoms with Gasteiger partial charge in [-0.15, -0.1) is 0 Å². The molecule has 0 amide bonds. The first kappa shape index (κ1) is 16.1. The fourth-order valence-corrected chi connectivity index (χ4v) is 2.67.